The minimum atomic E-state index is 0.637. The Bertz CT molecular complexity index is 599. The normalized spacial score (nSPS) is 10.5. The summed E-state index contributed by atoms with van der Waals surface area (Å²) in [5, 5.41) is 7.46. The van der Waals surface area contributed by atoms with Crippen molar-refractivity contribution in [3.05, 3.63) is 66.6 Å². The molecule has 2 heterocycles. The van der Waals surface area contributed by atoms with Crippen LogP contribution < -0.4 is 5.32 Å². The van der Waals surface area contributed by atoms with Gasteiger partial charge in [0.05, 0.1) is 19.3 Å². The molecule has 1 N–H and O–H groups in total. The Kier molecular flexibility index (Phi) is 3.27. The summed E-state index contributed by atoms with van der Waals surface area (Å²) >= 11 is 0. The molecule has 0 spiro atoms. The van der Waals surface area contributed by atoms with Gasteiger partial charge in [-0.2, -0.15) is 5.10 Å². The van der Waals surface area contributed by atoms with Gasteiger partial charge in [0.15, 0.2) is 6.39 Å². The van der Waals surface area contributed by atoms with Crippen LogP contribution in [-0.4, -0.2) is 14.8 Å². The second kappa shape index (κ2) is 5.39. The van der Waals surface area contributed by atoms with Crippen molar-refractivity contribution in [2.45, 2.75) is 13.1 Å². The van der Waals surface area contributed by atoms with Crippen molar-refractivity contribution in [2.24, 2.45) is 0 Å². The highest BCUT2D eigenvalue weighted by Gasteiger charge is 1.98. The monoisotopic (exact) mass is 254 g/mol. The maximum Gasteiger partial charge on any atom is 0.180 e. The predicted molar refractivity (Wildman–Crippen MR) is 71.6 cm³/mol. The maximum atomic E-state index is 5.16. The summed E-state index contributed by atoms with van der Waals surface area (Å²) in [6.07, 6.45) is 6.88. The van der Waals surface area contributed by atoms with Gasteiger partial charge in [0.25, 0.3) is 0 Å². The van der Waals surface area contributed by atoms with Crippen LogP contribution in [0, 0.1) is 0 Å². The molecule has 0 unspecified atom stereocenters. The van der Waals surface area contributed by atoms with Crippen LogP contribution in [0.4, 0.5) is 5.69 Å². The predicted octanol–water partition coefficient (Wildman–Crippen LogP) is 2.53. The van der Waals surface area contributed by atoms with Crippen LogP contribution in [0.3, 0.4) is 0 Å². The lowest BCUT2D eigenvalue weighted by Gasteiger charge is -2.06. The van der Waals surface area contributed by atoms with E-state index in [9.17, 15) is 0 Å². The second-order valence-electron chi connectivity index (χ2n) is 4.22. The maximum absolute atomic E-state index is 5.16. The lowest BCUT2D eigenvalue weighted by atomic mass is 10.2. The fourth-order valence-electron chi connectivity index (χ4n) is 1.83. The number of benzene rings is 1. The highest BCUT2D eigenvalue weighted by Crippen LogP contribution is 2.12. The highest BCUT2D eigenvalue weighted by atomic mass is 16.3. The van der Waals surface area contributed by atoms with E-state index in [-0.39, 0.29) is 0 Å². The van der Waals surface area contributed by atoms with Gasteiger partial charge in [-0.1, -0.05) is 12.1 Å². The molecule has 0 radical (unpaired) electrons. The molecule has 3 aromatic rings. The van der Waals surface area contributed by atoms with Crippen molar-refractivity contribution >= 4 is 5.69 Å². The Morgan fingerprint density at radius 2 is 2.11 bits per heavy atom. The quantitative estimate of drug-likeness (QED) is 0.760. The molecular weight excluding hydrogens is 240 g/mol. The lowest BCUT2D eigenvalue weighted by Crippen LogP contribution is -2.01. The van der Waals surface area contributed by atoms with Crippen molar-refractivity contribution in [1.29, 1.82) is 0 Å². The van der Waals surface area contributed by atoms with Crippen LogP contribution in [0.25, 0.3) is 0 Å². The Balaban J connectivity index is 1.59. The zero-order valence-electron chi connectivity index (χ0n) is 10.4. The minimum absolute atomic E-state index is 0.637. The fraction of sp³-hybridized carbons (Fsp3) is 0.143. The average Bonchev–Trinajstić information content (AvgIpc) is 3.11. The highest BCUT2D eigenvalue weighted by molar-refractivity contribution is 5.44. The van der Waals surface area contributed by atoms with Crippen molar-refractivity contribution < 1.29 is 4.42 Å². The van der Waals surface area contributed by atoms with Gasteiger partial charge in [-0.3, -0.25) is 4.68 Å². The minimum Gasteiger partial charge on any atom is -0.447 e. The number of aromatic nitrogens is 3. The molecule has 5 heteroatoms. The number of hydrogen-bond donors (Lipinski definition) is 1. The summed E-state index contributed by atoms with van der Waals surface area (Å²) in [4.78, 5) is 3.87. The van der Waals surface area contributed by atoms with Crippen LogP contribution >= 0.6 is 0 Å². The van der Waals surface area contributed by atoms with E-state index >= 15 is 0 Å². The summed E-state index contributed by atoms with van der Waals surface area (Å²) in [6.45, 7) is 1.42. The number of nitrogens with one attached hydrogen (secondary N) is 1. The zero-order chi connectivity index (χ0) is 12.9. The summed E-state index contributed by atoms with van der Waals surface area (Å²) < 4.78 is 7.06. The summed E-state index contributed by atoms with van der Waals surface area (Å²) in [6, 6.07) is 10.2. The average molecular weight is 254 g/mol. The molecule has 5 nitrogen and oxygen atoms in total. The van der Waals surface area contributed by atoms with Crippen LogP contribution in [0.15, 0.2) is 59.7 Å². The van der Waals surface area contributed by atoms with Crippen LogP contribution in [0.1, 0.15) is 11.3 Å². The molecule has 0 bridgehead atoms. The number of anilines is 1. The molecule has 0 aliphatic heterocycles. The molecular formula is C14H14N4O. The first kappa shape index (κ1) is 11.5. The third kappa shape index (κ3) is 3.01. The van der Waals surface area contributed by atoms with Crippen LogP contribution in [0.2, 0.25) is 0 Å². The molecule has 3 rings (SSSR count). The molecule has 0 aliphatic carbocycles. The van der Waals surface area contributed by atoms with Gasteiger partial charge in [0.1, 0.15) is 5.76 Å². The van der Waals surface area contributed by atoms with Gasteiger partial charge in [0, 0.05) is 18.1 Å². The molecule has 19 heavy (non-hydrogen) atoms. The Labute approximate surface area is 110 Å². The third-order valence-electron chi connectivity index (χ3n) is 2.81. The Hall–Kier alpha value is -2.56. The van der Waals surface area contributed by atoms with E-state index in [2.05, 4.69) is 39.7 Å². The molecule has 0 saturated carbocycles. The summed E-state index contributed by atoms with van der Waals surface area (Å²) in [7, 11) is 0. The van der Waals surface area contributed by atoms with E-state index in [1.165, 1.54) is 12.0 Å². The van der Waals surface area contributed by atoms with Gasteiger partial charge < -0.3 is 9.73 Å². The standard InChI is InChI=1S/C14H14N4O/c1-6-17-18(7-1)10-12-2-4-13(5-3-12)16-9-14-8-15-11-19-14/h1-8,11,16H,9-10H2. The molecule has 0 fully saturated rings. The van der Waals surface area contributed by atoms with Crippen molar-refractivity contribution in [3.63, 3.8) is 0 Å². The SMILES string of the molecule is c1cnn(Cc2ccc(NCc3cnco3)cc2)c1. The lowest BCUT2D eigenvalue weighted by molar-refractivity contribution is 0.512. The topological polar surface area (TPSA) is 55.9 Å². The first-order valence-electron chi connectivity index (χ1n) is 6.08. The molecule has 0 amide bonds. The summed E-state index contributed by atoms with van der Waals surface area (Å²) in [5.74, 6) is 0.820. The van der Waals surface area contributed by atoms with E-state index in [4.69, 9.17) is 4.42 Å². The molecule has 96 valence electrons. The molecule has 0 saturated heterocycles. The Morgan fingerprint density at radius 3 is 2.79 bits per heavy atom. The van der Waals surface area contributed by atoms with Gasteiger partial charge >= 0.3 is 0 Å². The van der Waals surface area contributed by atoms with Crippen molar-refractivity contribution in [2.75, 3.05) is 5.32 Å². The number of nitrogens with zero attached hydrogens (tertiary/aromatic N) is 3. The number of oxazole rings is 1. The van der Waals surface area contributed by atoms with E-state index in [1.807, 2.05) is 16.9 Å². The van der Waals surface area contributed by atoms with E-state index in [1.54, 1.807) is 12.4 Å². The van der Waals surface area contributed by atoms with Gasteiger partial charge in [-0.05, 0) is 23.8 Å². The Morgan fingerprint density at radius 1 is 1.21 bits per heavy atom. The van der Waals surface area contributed by atoms with E-state index < -0.39 is 0 Å². The fourth-order valence-corrected chi connectivity index (χ4v) is 1.83. The van der Waals surface area contributed by atoms with Crippen LogP contribution in [-0.2, 0) is 13.1 Å². The molecule has 0 aliphatic rings. The van der Waals surface area contributed by atoms with E-state index in [0.29, 0.717) is 6.54 Å². The molecule has 2 aromatic heterocycles. The summed E-state index contributed by atoms with van der Waals surface area (Å²) in [5.41, 5.74) is 2.27. The second-order valence-corrected chi connectivity index (χ2v) is 4.22. The van der Waals surface area contributed by atoms with E-state index in [0.717, 1.165) is 18.0 Å². The van der Waals surface area contributed by atoms with Crippen molar-refractivity contribution in [1.82, 2.24) is 14.8 Å². The first-order valence-corrected chi connectivity index (χ1v) is 6.08. The van der Waals surface area contributed by atoms with Gasteiger partial charge in [-0.25, -0.2) is 4.98 Å². The number of hydrogen-bond acceptors (Lipinski definition) is 4. The van der Waals surface area contributed by atoms with Crippen molar-refractivity contribution in [3.8, 4) is 0 Å². The van der Waals surface area contributed by atoms with Crippen LogP contribution in [0.5, 0.6) is 0 Å². The van der Waals surface area contributed by atoms with Gasteiger partial charge in [0.2, 0.25) is 0 Å². The first-order chi connectivity index (χ1) is 9.40. The molecule has 0 atom stereocenters. The molecule has 1 aromatic carbocycles. The van der Waals surface area contributed by atoms with Gasteiger partial charge in [-0.15, -0.1) is 0 Å². The largest absolute Gasteiger partial charge is 0.447 e. The smallest absolute Gasteiger partial charge is 0.180 e. The third-order valence-corrected chi connectivity index (χ3v) is 2.81. The zero-order valence-corrected chi connectivity index (χ0v) is 10.4. The number of rotatable bonds is 5.